The van der Waals surface area contributed by atoms with Crippen molar-refractivity contribution in [3.05, 3.63) is 87.7 Å². The van der Waals surface area contributed by atoms with Gasteiger partial charge in [0.1, 0.15) is 17.1 Å². The molecule has 0 bridgehead atoms. The number of fused-ring (bicyclic) bond motifs is 1. The molecule has 0 atom stereocenters. The number of ether oxygens (including phenoxy) is 5. The van der Waals surface area contributed by atoms with Gasteiger partial charge in [0.05, 0.1) is 64.1 Å². The Kier molecular flexibility index (Phi) is 15.7. The molecule has 312 valence electrons. The first-order valence-corrected chi connectivity index (χ1v) is 19.3. The molecule has 0 radical (unpaired) electrons. The number of aromatic nitrogens is 3. The SMILES string of the molecule is Cc1c(C#Cc2cnc3ccc(N4CCC(OCCOCCOCCOCCNC(=O)OC(C)(C)C)CC4)nn23)cccc1C(=O)Nc1cc(Cl)cc(C(F)(F)F)c1. The molecule has 58 heavy (non-hydrogen) atoms. The lowest BCUT2D eigenvalue weighted by Gasteiger charge is -2.32. The van der Waals surface area contributed by atoms with Gasteiger partial charge >= 0.3 is 12.3 Å². The molecule has 2 aromatic heterocycles. The minimum Gasteiger partial charge on any atom is -0.444 e. The van der Waals surface area contributed by atoms with Crippen LogP contribution in [0.1, 0.15) is 66.4 Å². The first kappa shape index (κ1) is 44.2. The summed E-state index contributed by atoms with van der Waals surface area (Å²) < 4.78 is 69.3. The predicted octanol–water partition coefficient (Wildman–Crippen LogP) is 6.92. The predicted molar refractivity (Wildman–Crippen MR) is 212 cm³/mol. The molecule has 2 N–H and O–H groups in total. The van der Waals surface area contributed by atoms with Crippen LogP contribution in [0.3, 0.4) is 0 Å². The molecule has 0 spiro atoms. The number of benzene rings is 2. The molecule has 1 saturated heterocycles. The van der Waals surface area contributed by atoms with Gasteiger partial charge in [-0.1, -0.05) is 23.6 Å². The van der Waals surface area contributed by atoms with Gasteiger partial charge in [-0.25, -0.2) is 14.3 Å². The Morgan fingerprint density at radius 2 is 1.60 bits per heavy atom. The summed E-state index contributed by atoms with van der Waals surface area (Å²) in [6, 6.07) is 11.7. The summed E-state index contributed by atoms with van der Waals surface area (Å²) in [4.78, 5) is 31.3. The Morgan fingerprint density at radius 1 is 0.914 bits per heavy atom. The summed E-state index contributed by atoms with van der Waals surface area (Å²) in [7, 11) is 0. The van der Waals surface area contributed by atoms with E-state index in [9.17, 15) is 22.8 Å². The number of carbonyl (C=O) groups is 2. The second kappa shape index (κ2) is 20.7. The molecule has 1 aliphatic rings. The third-order valence-electron chi connectivity index (χ3n) is 8.74. The number of piperidine rings is 1. The Morgan fingerprint density at radius 3 is 2.29 bits per heavy atom. The van der Waals surface area contributed by atoms with E-state index in [1.54, 1.807) is 56.6 Å². The van der Waals surface area contributed by atoms with Crippen molar-refractivity contribution < 1.29 is 46.4 Å². The fourth-order valence-corrected chi connectivity index (χ4v) is 6.13. The van der Waals surface area contributed by atoms with Crippen LogP contribution in [0.4, 0.5) is 29.5 Å². The molecule has 1 aliphatic heterocycles. The molecule has 2 aromatic carbocycles. The van der Waals surface area contributed by atoms with E-state index in [1.165, 1.54) is 6.07 Å². The van der Waals surface area contributed by atoms with Crippen molar-refractivity contribution in [2.24, 2.45) is 0 Å². The van der Waals surface area contributed by atoms with Crippen molar-refractivity contribution >= 4 is 40.8 Å². The number of alkyl halides is 3. The maximum absolute atomic E-state index is 13.3. The van der Waals surface area contributed by atoms with Crippen LogP contribution in [0.25, 0.3) is 5.65 Å². The topological polar surface area (TPSA) is 138 Å². The first-order valence-electron chi connectivity index (χ1n) is 18.9. The smallest absolute Gasteiger partial charge is 0.416 e. The van der Waals surface area contributed by atoms with Crippen LogP contribution in [0, 0.1) is 18.8 Å². The van der Waals surface area contributed by atoms with Gasteiger partial charge in [-0.3, -0.25) is 4.79 Å². The summed E-state index contributed by atoms with van der Waals surface area (Å²) in [5.74, 6) is 6.40. The number of hydrogen-bond donors (Lipinski definition) is 2. The second-order valence-corrected chi connectivity index (χ2v) is 14.8. The number of carbonyl (C=O) groups excluding carboxylic acids is 2. The van der Waals surface area contributed by atoms with E-state index in [2.05, 4.69) is 32.4 Å². The van der Waals surface area contributed by atoms with Gasteiger partial charge in [0.15, 0.2) is 5.65 Å². The average Bonchev–Trinajstić information content (AvgIpc) is 3.57. The highest BCUT2D eigenvalue weighted by Gasteiger charge is 2.31. The van der Waals surface area contributed by atoms with Gasteiger partial charge in [0, 0.05) is 41.5 Å². The fraction of sp³-hybridized carbons (Fsp3) is 0.463. The summed E-state index contributed by atoms with van der Waals surface area (Å²) in [5.41, 5.74) is 0.974. The first-order chi connectivity index (χ1) is 27.7. The van der Waals surface area contributed by atoms with Crippen molar-refractivity contribution in [1.29, 1.82) is 0 Å². The van der Waals surface area contributed by atoms with E-state index in [-0.39, 0.29) is 22.4 Å². The van der Waals surface area contributed by atoms with Gasteiger partial charge in [0.2, 0.25) is 0 Å². The van der Waals surface area contributed by atoms with Crippen LogP contribution < -0.4 is 15.5 Å². The molecule has 0 saturated carbocycles. The van der Waals surface area contributed by atoms with Crippen molar-refractivity contribution in [3.63, 3.8) is 0 Å². The Bertz CT molecular complexity index is 2070. The van der Waals surface area contributed by atoms with E-state index in [1.807, 2.05) is 12.1 Å². The molecule has 13 nitrogen and oxygen atoms in total. The molecule has 2 amide bonds. The van der Waals surface area contributed by atoms with Crippen LogP contribution in [-0.4, -0.2) is 104 Å². The number of rotatable bonds is 16. The van der Waals surface area contributed by atoms with Gasteiger partial charge < -0.3 is 39.2 Å². The molecule has 5 rings (SSSR count). The number of anilines is 2. The van der Waals surface area contributed by atoms with E-state index >= 15 is 0 Å². The quantitative estimate of drug-likeness (QED) is 0.0905. The van der Waals surface area contributed by atoms with Crippen LogP contribution in [0.5, 0.6) is 0 Å². The van der Waals surface area contributed by atoms with Crippen LogP contribution in [-0.2, 0) is 29.9 Å². The van der Waals surface area contributed by atoms with Crippen molar-refractivity contribution in [3.8, 4) is 11.8 Å². The highest BCUT2D eigenvalue weighted by atomic mass is 35.5. The third-order valence-corrected chi connectivity index (χ3v) is 8.96. The summed E-state index contributed by atoms with van der Waals surface area (Å²) in [5, 5.41) is 9.82. The zero-order valence-corrected chi connectivity index (χ0v) is 33.7. The standard InChI is InChI=1S/C41H48ClF3N6O7/c1-28-29(6-5-7-35(28)38(52)48-32-25-30(41(43,44)45)24-31(42)26-32)8-9-33-27-47-36-10-11-37(49-51(33)36)50-15-12-34(13-16-50)57-23-22-56-21-20-55-19-18-54-17-14-46-39(53)58-40(2,3)4/h5-7,10-11,24-27,34H,12-23H2,1-4H3,(H,46,53)(H,48,52). The molecule has 17 heteroatoms. The Hall–Kier alpha value is -4.92. The van der Waals surface area contributed by atoms with Crippen molar-refractivity contribution in [2.75, 3.05) is 76.1 Å². The normalized spacial score (nSPS) is 13.6. The van der Waals surface area contributed by atoms with Gasteiger partial charge in [-0.2, -0.15) is 13.2 Å². The monoisotopic (exact) mass is 828 g/mol. The lowest BCUT2D eigenvalue weighted by atomic mass is 10.0. The Balaban J connectivity index is 1.02. The lowest BCUT2D eigenvalue weighted by Crippen LogP contribution is -2.38. The highest BCUT2D eigenvalue weighted by molar-refractivity contribution is 6.31. The Labute approximate surface area is 340 Å². The fourth-order valence-electron chi connectivity index (χ4n) is 5.90. The average molecular weight is 829 g/mol. The van der Waals surface area contributed by atoms with Crippen LogP contribution in [0.15, 0.2) is 54.7 Å². The molecular formula is C41H48ClF3N6O7. The van der Waals surface area contributed by atoms with Gasteiger partial charge in [0.25, 0.3) is 5.91 Å². The minimum atomic E-state index is -4.62. The summed E-state index contributed by atoms with van der Waals surface area (Å²) in [6.07, 6.45) is -1.69. The number of nitrogens with zero attached hydrogens (tertiary/aromatic N) is 4. The molecule has 3 heterocycles. The number of amides is 2. The maximum atomic E-state index is 13.3. The summed E-state index contributed by atoms with van der Waals surface area (Å²) in [6.45, 7) is 12.0. The van der Waals surface area contributed by atoms with Crippen LogP contribution >= 0.6 is 11.6 Å². The number of hydrogen-bond acceptors (Lipinski definition) is 10. The number of halogens is 4. The third kappa shape index (κ3) is 13.6. The van der Waals surface area contributed by atoms with E-state index in [0.29, 0.717) is 75.3 Å². The zero-order chi connectivity index (χ0) is 41.7. The largest absolute Gasteiger partial charge is 0.444 e. The number of alkyl carbamates (subject to hydrolysis) is 1. The molecule has 0 unspecified atom stereocenters. The zero-order valence-electron chi connectivity index (χ0n) is 32.9. The molecule has 1 fully saturated rings. The van der Waals surface area contributed by atoms with Gasteiger partial charge in [-0.05, 0) is 94.5 Å². The number of nitrogens with one attached hydrogen (secondary N) is 2. The van der Waals surface area contributed by atoms with Crippen LogP contribution in [0.2, 0.25) is 5.02 Å². The molecule has 4 aromatic rings. The molecule has 0 aliphatic carbocycles. The van der Waals surface area contributed by atoms with Crippen molar-refractivity contribution in [1.82, 2.24) is 19.9 Å². The highest BCUT2D eigenvalue weighted by Crippen LogP contribution is 2.33. The van der Waals surface area contributed by atoms with E-state index < -0.39 is 29.3 Å². The summed E-state index contributed by atoms with van der Waals surface area (Å²) >= 11 is 5.89. The maximum Gasteiger partial charge on any atom is 0.416 e. The van der Waals surface area contributed by atoms with E-state index in [0.717, 1.165) is 43.9 Å². The second-order valence-electron chi connectivity index (χ2n) is 14.3. The minimum absolute atomic E-state index is 0.0718. The number of imidazole rings is 1. The lowest BCUT2D eigenvalue weighted by molar-refractivity contribution is -0.137. The van der Waals surface area contributed by atoms with E-state index in [4.69, 9.17) is 40.4 Å². The molecular weight excluding hydrogens is 781 g/mol. The van der Waals surface area contributed by atoms with Gasteiger partial charge in [-0.15, -0.1) is 5.10 Å². The van der Waals surface area contributed by atoms with Crippen molar-refractivity contribution in [2.45, 2.75) is 58.4 Å².